The SMILES string of the molecule is CCSC=C(OPO)c1ccccc1. The average molecular weight is 228 g/mol. The van der Waals surface area contributed by atoms with Gasteiger partial charge in [-0.2, -0.15) is 0 Å². The molecule has 76 valence electrons. The van der Waals surface area contributed by atoms with E-state index < -0.39 is 9.03 Å². The Kier molecular flexibility index (Phi) is 5.69. The Labute approximate surface area is 90.3 Å². The second-order valence-electron chi connectivity index (χ2n) is 2.50. The van der Waals surface area contributed by atoms with Gasteiger partial charge in [0.1, 0.15) is 5.76 Å². The molecule has 0 fully saturated rings. The molecule has 2 nitrogen and oxygen atoms in total. The minimum atomic E-state index is -0.507. The number of hydrogen-bond acceptors (Lipinski definition) is 3. The van der Waals surface area contributed by atoms with Crippen molar-refractivity contribution in [1.29, 1.82) is 0 Å². The quantitative estimate of drug-likeness (QED) is 0.619. The number of hydrogen-bond donors (Lipinski definition) is 1. The molecule has 4 heteroatoms. The Hall–Kier alpha value is -0.500. The van der Waals surface area contributed by atoms with Crippen LogP contribution in [0.1, 0.15) is 12.5 Å². The molecule has 0 aliphatic rings. The second kappa shape index (κ2) is 6.88. The van der Waals surface area contributed by atoms with Crippen LogP contribution in [0.3, 0.4) is 0 Å². The van der Waals surface area contributed by atoms with E-state index in [-0.39, 0.29) is 0 Å². The minimum Gasteiger partial charge on any atom is -0.449 e. The Morgan fingerprint density at radius 1 is 1.50 bits per heavy atom. The minimum absolute atomic E-state index is 0.507. The Balaban J connectivity index is 2.77. The molecule has 14 heavy (non-hydrogen) atoms. The van der Waals surface area contributed by atoms with Crippen molar-refractivity contribution in [2.24, 2.45) is 0 Å². The van der Waals surface area contributed by atoms with E-state index in [2.05, 4.69) is 6.92 Å². The molecule has 1 unspecified atom stereocenters. The van der Waals surface area contributed by atoms with E-state index in [1.165, 1.54) is 0 Å². The van der Waals surface area contributed by atoms with Gasteiger partial charge in [-0.1, -0.05) is 37.3 Å². The van der Waals surface area contributed by atoms with E-state index in [9.17, 15) is 0 Å². The number of benzene rings is 1. The van der Waals surface area contributed by atoms with Gasteiger partial charge in [0, 0.05) is 11.0 Å². The topological polar surface area (TPSA) is 29.5 Å². The molecule has 1 N–H and O–H groups in total. The lowest BCUT2D eigenvalue weighted by atomic mass is 10.2. The molecule has 0 amide bonds. The summed E-state index contributed by atoms with van der Waals surface area (Å²) in [6.07, 6.45) is 0. The fraction of sp³-hybridized carbons (Fsp3) is 0.200. The lowest BCUT2D eigenvalue weighted by Gasteiger charge is -2.06. The van der Waals surface area contributed by atoms with Gasteiger partial charge in [0.15, 0.2) is 0 Å². The van der Waals surface area contributed by atoms with Crippen LogP contribution < -0.4 is 0 Å². The van der Waals surface area contributed by atoms with E-state index in [0.29, 0.717) is 0 Å². The molecule has 0 aliphatic carbocycles. The van der Waals surface area contributed by atoms with Crippen molar-refractivity contribution in [3.05, 3.63) is 41.3 Å². The van der Waals surface area contributed by atoms with Gasteiger partial charge in [0.05, 0.1) is 0 Å². The van der Waals surface area contributed by atoms with Gasteiger partial charge in [0.2, 0.25) is 9.03 Å². The zero-order valence-electron chi connectivity index (χ0n) is 7.93. The highest BCUT2D eigenvalue weighted by Gasteiger charge is 2.00. The summed E-state index contributed by atoms with van der Waals surface area (Å²) in [7, 11) is -0.507. The molecule has 0 saturated heterocycles. The molecule has 0 aliphatic heterocycles. The molecule has 0 radical (unpaired) electrons. The third kappa shape index (κ3) is 3.70. The van der Waals surface area contributed by atoms with Crippen molar-refractivity contribution in [1.82, 2.24) is 0 Å². The number of rotatable bonds is 5. The van der Waals surface area contributed by atoms with E-state index in [1.807, 2.05) is 35.7 Å². The summed E-state index contributed by atoms with van der Waals surface area (Å²) in [5, 5.41) is 1.93. The average Bonchev–Trinajstić information content (AvgIpc) is 2.25. The first-order chi connectivity index (χ1) is 6.88. The molecule has 0 heterocycles. The van der Waals surface area contributed by atoms with Crippen molar-refractivity contribution in [2.75, 3.05) is 5.75 Å². The molecule has 0 spiro atoms. The van der Waals surface area contributed by atoms with Crippen molar-refractivity contribution in [3.63, 3.8) is 0 Å². The third-order valence-corrected chi connectivity index (χ3v) is 2.60. The summed E-state index contributed by atoms with van der Waals surface area (Å²) < 4.78 is 5.15. The van der Waals surface area contributed by atoms with Gasteiger partial charge in [-0.3, -0.25) is 0 Å². The van der Waals surface area contributed by atoms with Crippen LogP contribution in [0.2, 0.25) is 0 Å². The Morgan fingerprint density at radius 3 is 2.79 bits per heavy atom. The molecule has 0 bridgehead atoms. The highest BCUT2D eigenvalue weighted by atomic mass is 32.2. The molecule has 0 aromatic heterocycles. The fourth-order valence-corrected chi connectivity index (χ4v) is 1.82. The van der Waals surface area contributed by atoms with E-state index in [1.54, 1.807) is 11.8 Å². The van der Waals surface area contributed by atoms with Crippen molar-refractivity contribution < 1.29 is 9.42 Å². The zero-order chi connectivity index (χ0) is 10.2. The second-order valence-corrected chi connectivity index (χ2v) is 4.03. The predicted octanol–water partition coefficient (Wildman–Crippen LogP) is 3.26. The molecular weight excluding hydrogens is 215 g/mol. The smallest absolute Gasteiger partial charge is 0.212 e. The molecule has 1 atom stereocenters. The van der Waals surface area contributed by atoms with Gasteiger partial charge in [0.25, 0.3) is 0 Å². The Bertz CT molecular complexity index is 287. The summed E-state index contributed by atoms with van der Waals surface area (Å²) in [5.74, 6) is 1.73. The van der Waals surface area contributed by atoms with Crippen molar-refractivity contribution in [3.8, 4) is 0 Å². The fourth-order valence-electron chi connectivity index (χ4n) is 0.962. The number of thioether (sulfide) groups is 1. The lowest BCUT2D eigenvalue weighted by Crippen LogP contribution is -1.83. The van der Waals surface area contributed by atoms with Crippen LogP contribution in [0.5, 0.6) is 0 Å². The molecular formula is C10H13O2PS. The summed E-state index contributed by atoms with van der Waals surface area (Å²) in [6.45, 7) is 2.07. The maximum atomic E-state index is 8.75. The first kappa shape index (κ1) is 11.6. The summed E-state index contributed by atoms with van der Waals surface area (Å²) in [4.78, 5) is 8.75. The van der Waals surface area contributed by atoms with Crippen molar-refractivity contribution in [2.45, 2.75) is 6.92 Å². The molecule has 1 aromatic rings. The maximum Gasteiger partial charge on any atom is 0.212 e. The highest BCUT2D eigenvalue weighted by molar-refractivity contribution is 8.02. The van der Waals surface area contributed by atoms with E-state index in [4.69, 9.17) is 9.42 Å². The van der Waals surface area contributed by atoms with Gasteiger partial charge in [-0.25, -0.2) is 0 Å². The predicted molar refractivity (Wildman–Crippen MR) is 64.2 cm³/mol. The van der Waals surface area contributed by atoms with E-state index >= 15 is 0 Å². The van der Waals surface area contributed by atoms with Crippen LogP contribution >= 0.6 is 20.8 Å². The highest BCUT2D eigenvalue weighted by Crippen LogP contribution is 2.25. The van der Waals surface area contributed by atoms with Crippen molar-refractivity contribution >= 4 is 26.6 Å². The van der Waals surface area contributed by atoms with Crippen LogP contribution in [0, 0.1) is 0 Å². The van der Waals surface area contributed by atoms with Crippen LogP contribution in [0.25, 0.3) is 5.76 Å². The largest absolute Gasteiger partial charge is 0.449 e. The third-order valence-electron chi connectivity index (χ3n) is 1.57. The monoisotopic (exact) mass is 228 g/mol. The standard InChI is InChI=1S/C10H13O2PS/c1-2-14-8-10(12-13-11)9-6-4-3-5-7-9/h3-8,11,13H,2H2,1H3. The molecule has 0 saturated carbocycles. The lowest BCUT2D eigenvalue weighted by molar-refractivity contribution is 0.489. The van der Waals surface area contributed by atoms with Crippen LogP contribution in [-0.4, -0.2) is 10.6 Å². The van der Waals surface area contributed by atoms with Crippen LogP contribution in [0.15, 0.2) is 35.7 Å². The van der Waals surface area contributed by atoms with Gasteiger partial charge < -0.3 is 9.42 Å². The normalized spacial score (nSPS) is 12.3. The summed E-state index contributed by atoms with van der Waals surface area (Å²) >= 11 is 1.66. The van der Waals surface area contributed by atoms with Gasteiger partial charge in [-0.15, -0.1) is 11.8 Å². The first-order valence-electron chi connectivity index (χ1n) is 4.31. The molecule has 1 aromatic carbocycles. The first-order valence-corrected chi connectivity index (χ1v) is 6.22. The van der Waals surface area contributed by atoms with Crippen LogP contribution in [-0.2, 0) is 4.52 Å². The molecule has 1 rings (SSSR count). The Morgan fingerprint density at radius 2 is 2.21 bits per heavy atom. The maximum absolute atomic E-state index is 8.75. The van der Waals surface area contributed by atoms with E-state index in [0.717, 1.165) is 17.1 Å². The summed E-state index contributed by atoms with van der Waals surface area (Å²) in [6, 6.07) is 9.77. The van der Waals surface area contributed by atoms with Gasteiger partial charge in [-0.05, 0) is 5.75 Å². The summed E-state index contributed by atoms with van der Waals surface area (Å²) in [5.41, 5.74) is 0.995. The van der Waals surface area contributed by atoms with Gasteiger partial charge >= 0.3 is 0 Å². The zero-order valence-corrected chi connectivity index (χ0v) is 9.75. The van der Waals surface area contributed by atoms with Crippen LogP contribution in [0.4, 0.5) is 0 Å².